The summed E-state index contributed by atoms with van der Waals surface area (Å²) < 4.78 is 19.8. The number of methoxy groups -OCH3 is 4. The molecular formula is C14H32N2O8S2. The van der Waals surface area contributed by atoms with Crippen molar-refractivity contribution < 1.29 is 38.7 Å². The van der Waals surface area contributed by atoms with Gasteiger partial charge in [0.2, 0.25) is 0 Å². The van der Waals surface area contributed by atoms with Gasteiger partial charge in [-0.3, -0.25) is 0 Å². The maximum absolute atomic E-state index is 9.10. The number of carboxylic acids is 2. The first-order valence-electron chi connectivity index (χ1n) is 7.47. The van der Waals surface area contributed by atoms with Gasteiger partial charge in [0.05, 0.1) is 0 Å². The zero-order valence-electron chi connectivity index (χ0n) is 15.7. The highest BCUT2D eigenvalue weighted by Crippen LogP contribution is 2.04. The zero-order valence-corrected chi connectivity index (χ0v) is 17.3. The van der Waals surface area contributed by atoms with E-state index in [9.17, 15) is 0 Å². The maximum Gasteiger partial charge on any atom is 0.414 e. The molecule has 0 heterocycles. The fourth-order valence-electron chi connectivity index (χ4n) is 0.990. The van der Waals surface area contributed by atoms with E-state index < -0.39 is 11.9 Å². The largest absolute Gasteiger partial charge is 0.473 e. The number of aliphatic carboxylic acids is 2. The first-order chi connectivity index (χ1) is 12.3. The highest BCUT2D eigenvalue weighted by Gasteiger charge is 2.04. The van der Waals surface area contributed by atoms with Crippen molar-refractivity contribution in [2.24, 2.45) is 11.5 Å². The second-order valence-electron chi connectivity index (χ2n) is 4.14. The number of thioether (sulfide) groups is 2. The second kappa shape index (κ2) is 24.4. The molecule has 0 unspecified atom stereocenters. The second-order valence-corrected chi connectivity index (χ2v) is 6.44. The summed E-state index contributed by atoms with van der Waals surface area (Å²) in [6, 6.07) is 0. The SMILES string of the molecule is COC(CSCCN)OC.COC(CSCCN)OC.O=C(O)C(=O)O. The van der Waals surface area contributed by atoms with Crippen molar-refractivity contribution >= 4 is 35.5 Å². The molecule has 0 aliphatic rings. The van der Waals surface area contributed by atoms with Gasteiger partial charge in [-0.05, 0) is 0 Å². The van der Waals surface area contributed by atoms with Crippen LogP contribution in [-0.4, -0.2) is 99.3 Å². The number of nitrogens with two attached hydrogens (primary N) is 2. The van der Waals surface area contributed by atoms with Crippen LogP contribution in [0.4, 0.5) is 0 Å². The standard InChI is InChI=1S/2C6H15NO2S.C2H2O4/c2*1-8-6(9-2)5-10-4-3-7;3-1(4)2(5)6/h2*6H,3-5,7H2,1-2H3;(H,3,4)(H,5,6). The smallest absolute Gasteiger partial charge is 0.414 e. The molecule has 0 aromatic rings. The molecule has 0 aliphatic carbocycles. The summed E-state index contributed by atoms with van der Waals surface area (Å²) in [5, 5.41) is 14.8. The number of hydrogen-bond donors (Lipinski definition) is 4. The number of hydrogen-bond acceptors (Lipinski definition) is 10. The maximum atomic E-state index is 9.10. The van der Waals surface area contributed by atoms with Crippen LogP contribution in [0.2, 0.25) is 0 Å². The van der Waals surface area contributed by atoms with E-state index in [0.29, 0.717) is 13.1 Å². The minimum absolute atomic E-state index is 0.0865. The van der Waals surface area contributed by atoms with Gasteiger partial charge in [0.25, 0.3) is 0 Å². The molecule has 6 N–H and O–H groups in total. The van der Waals surface area contributed by atoms with Crippen LogP contribution in [-0.2, 0) is 28.5 Å². The van der Waals surface area contributed by atoms with Crippen LogP contribution >= 0.6 is 23.5 Å². The fraction of sp³-hybridized carbons (Fsp3) is 0.857. The number of rotatable bonds is 12. The highest BCUT2D eigenvalue weighted by atomic mass is 32.2. The Hall–Kier alpha value is -0.600. The molecule has 158 valence electrons. The molecule has 0 radical (unpaired) electrons. The van der Waals surface area contributed by atoms with Crippen molar-refractivity contribution in [3.63, 3.8) is 0 Å². The molecule has 0 aliphatic heterocycles. The van der Waals surface area contributed by atoms with Gasteiger partial charge >= 0.3 is 11.9 Å². The van der Waals surface area contributed by atoms with E-state index in [1.54, 1.807) is 52.0 Å². The van der Waals surface area contributed by atoms with Gasteiger partial charge in [-0.2, -0.15) is 23.5 Å². The van der Waals surface area contributed by atoms with Crippen molar-refractivity contribution in [2.45, 2.75) is 12.6 Å². The predicted molar refractivity (Wildman–Crippen MR) is 104 cm³/mol. The molecule has 0 fully saturated rings. The molecule has 0 amide bonds. The van der Waals surface area contributed by atoms with Crippen LogP contribution in [0.1, 0.15) is 0 Å². The van der Waals surface area contributed by atoms with Crippen LogP contribution in [0.3, 0.4) is 0 Å². The predicted octanol–water partition coefficient (Wildman–Crippen LogP) is -0.250. The Bertz CT molecular complexity index is 289. The Morgan fingerprint density at radius 2 is 1.04 bits per heavy atom. The summed E-state index contributed by atoms with van der Waals surface area (Å²) in [6.45, 7) is 1.43. The molecule has 10 nitrogen and oxygen atoms in total. The molecule has 0 bridgehead atoms. The summed E-state index contributed by atoms with van der Waals surface area (Å²) in [6.07, 6.45) is -0.173. The lowest BCUT2D eigenvalue weighted by molar-refractivity contribution is -0.159. The van der Waals surface area contributed by atoms with E-state index in [2.05, 4.69) is 0 Å². The monoisotopic (exact) mass is 420 g/mol. The molecule has 0 rings (SSSR count). The lowest BCUT2D eigenvalue weighted by Crippen LogP contribution is -2.17. The summed E-state index contributed by atoms with van der Waals surface area (Å²) in [4.78, 5) is 18.2. The highest BCUT2D eigenvalue weighted by molar-refractivity contribution is 7.99. The van der Waals surface area contributed by atoms with E-state index >= 15 is 0 Å². The van der Waals surface area contributed by atoms with Gasteiger partial charge in [0, 0.05) is 64.5 Å². The Balaban J connectivity index is -0.000000316. The van der Waals surface area contributed by atoms with Gasteiger partial charge in [-0.15, -0.1) is 0 Å². The third-order valence-corrected chi connectivity index (χ3v) is 4.33. The number of ether oxygens (including phenoxy) is 4. The lowest BCUT2D eigenvalue weighted by Gasteiger charge is -2.11. The number of carbonyl (C=O) groups is 2. The average Bonchev–Trinajstić information content (AvgIpc) is 2.63. The van der Waals surface area contributed by atoms with E-state index in [1.165, 1.54) is 0 Å². The van der Waals surface area contributed by atoms with E-state index in [-0.39, 0.29) is 12.6 Å². The van der Waals surface area contributed by atoms with Crippen molar-refractivity contribution in [3.05, 3.63) is 0 Å². The normalized spacial score (nSPS) is 10.0. The van der Waals surface area contributed by atoms with Gasteiger partial charge in [0.1, 0.15) is 0 Å². The molecule has 0 atom stereocenters. The molecule has 0 saturated carbocycles. The van der Waals surface area contributed by atoms with Crippen molar-refractivity contribution in [3.8, 4) is 0 Å². The average molecular weight is 421 g/mol. The molecule has 0 saturated heterocycles. The summed E-state index contributed by atoms with van der Waals surface area (Å²) >= 11 is 3.47. The van der Waals surface area contributed by atoms with Crippen LogP contribution in [0.15, 0.2) is 0 Å². The van der Waals surface area contributed by atoms with Crippen molar-refractivity contribution in [1.29, 1.82) is 0 Å². The van der Waals surface area contributed by atoms with Crippen molar-refractivity contribution in [1.82, 2.24) is 0 Å². The molecular weight excluding hydrogens is 388 g/mol. The first kappa shape index (κ1) is 30.1. The summed E-state index contributed by atoms with van der Waals surface area (Å²) in [5.41, 5.74) is 10.6. The molecule has 0 aromatic carbocycles. The summed E-state index contributed by atoms with van der Waals surface area (Å²) in [5.74, 6) is -0.0223. The molecule has 26 heavy (non-hydrogen) atoms. The van der Waals surface area contributed by atoms with E-state index in [4.69, 9.17) is 50.2 Å². The molecule has 0 aromatic heterocycles. The zero-order chi connectivity index (χ0) is 20.8. The molecule has 12 heteroatoms. The van der Waals surface area contributed by atoms with Crippen LogP contribution in [0, 0.1) is 0 Å². The van der Waals surface area contributed by atoms with Crippen LogP contribution in [0.25, 0.3) is 0 Å². The minimum Gasteiger partial charge on any atom is -0.473 e. The Morgan fingerprint density at radius 3 is 1.19 bits per heavy atom. The quantitative estimate of drug-likeness (QED) is 0.186. The Kier molecular flexibility index (Phi) is 28.3. The third kappa shape index (κ3) is 25.6. The first-order valence-corrected chi connectivity index (χ1v) is 9.78. The Labute approximate surface area is 163 Å². The van der Waals surface area contributed by atoms with E-state index in [1.807, 2.05) is 0 Å². The topological polar surface area (TPSA) is 164 Å². The molecule has 0 spiro atoms. The van der Waals surface area contributed by atoms with Gasteiger partial charge in [0.15, 0.2) is 12.6 Å². The van der Waals surface area contributed by atoms with Gasteiger partial charge < -0.3 is 40.6 Å². The van der Waals surface area contributed by atoms with Gasteiger partial charge in [-0.1, -0.05) is 0 Å². The lowest BCUT2D eigenvalue weighted by atomic mass is 10.7. The Morgan fingerprint density at radius 1 is 0.769 bits per heavy atom. The van der Waals surface area contributed by atoms with Crippen molar-refractivity contribution in [2.75, 3.05) is 64.5 Å². The van der Waals surface area contributed by atoms with Gasteiger partial charge in [-0.25, -0.2) is 9.59 Å². The minimum atomic E-state index is -1.82. The third-order valence-electron chi connectivity index (χ3n) is 2.27. The summed E-state index contributed by atoms with van der Waals surface area (Å²) in [7, 11) is 6.54. The number of carboxylic acid groups (broad SMARTS) is 2. The van der Waals surface area contributed by atoms with Crippen LogP contribution in [0.5, 0.6) is 0 Å². The fourth-order valence-corrected chi connectivity index (χ4v) is 2.59. The van der Waals surface area contributed by atoms with Crippen LogP contribution < -0.4 is 11.5 Å². The van der Waals surface area contributed by atoms with E-state index in [0.717, 1.165) is 23.0 Å².